The first kappa shape index (κ1) is 10.3. The second kappa shape index (κ2) is 5.02. The van der Waals surface area contributed by atoms with Crippen molar-refractivity contribution in [2.24, 2.45) is 5.92 Å². The summed E-state index contributed by atoms with van der Waals surface area (Å²) in [6.07, 6.45) is 2.53. The number of amides is 1. The maximum atomic E-state index is 10.9. The lowest BCUT2D eigenvalue weighted by atomic mass is 10.1. The minimum atomic E-state index is -0.0602. The van der Waals surface area contributed by atoms with E-state index in [9.17, 15) is 4.79 Å². The lowest BCUT2D eigenvalue weighted by molar-refractivity contribution is -0.116. The van der Waals surface area contributed by atoms with Gasteiger partial charge in [0.1, 0.15) is 0 Å². The van der Waals surface area contributed by atoms with Crippen LogP contribution in [0.1, 0.15) is 13.3 Å². The van der Waals surface area contributed by atoms with Crippen LogP contribution in [0.2, 0.25) is 0 Å². The van der Waals surface area contributed by atoms with E-state index < -0.39 is 0 Å². The first-order chi connectivity index (χ1) is 6.26. The topological polar surface area (TPSA) is 32.3 Å². The molecule has 0 aromatic carbocycles. The van der Waals surface area contributed by atoms with Crippen LogP contribution in [0.15, 0.2) is 12.7 Å². The molecule has 1 atom stereocenters. The lowest BCUT2D eigenvalue weighted by Crippen LogP contribution is -2.29. The number of carbonyl (C=O) groups is 1. The Kier molecular flexibility index (Phi) is 3.96. The number of hydrogen-bond donors (Lipinski definition) is 1. The Hall–Kier alpha value is -0.830. The third kappa shape index (κ3) is 3.19. The standard InChI is InChI=1S/C10H18N2O/c1-3-10(13)11-7-9-5-6-12(4-2)8-9/h3,9H,1,4-8H2,2H3,(H,11,13). The SMILES string of the molecule is C=CC(=O)NCC1CCN(CC)C1. The Morgan fingerprint density at radius 3 is 3.08 bits per heavy atom. The van der Waals surface area contributed by atoms with Crippen molar-refractivity contribution in [3.05, 3.63) is 12.7 Å². The van der Waals surface area contributed by atoms with Crippen LogP contribution in [0.3, 0.4) is 0 Å². The van der Waals surface area contributed by atoms with Crippen LogP contribution in [-0.2, 0) is 4.79 Å². The van der Waals surface area contributed by atoms with Gasteiger partial charge in [0.2, 0.25) is 5.91 Å². The first-order valence-electron chi connectivity index (χ1n) is 4.89. The molecule has 1 heterocycles. The van der Waals surface area contributed by atoms with E-state index >= 15 is 0 Å². The predicted octanol–water partition coefficient (Wildman–Crippen LogP) is 0.630. The zero-order valence-corrected chi connectivity index (χ0v) is 8.25. The third-order valence-electron chi connectivity index (χ3n) is 2.57. The molecule has 1 amide bonds. The second-order valence-corrected chi connectivity index (χ2v) is 3.50. The monoisotopic (exact) mass is 182 g/mol. The molecule has 1 aliphatic rings. The summed E-state index contributed by atoms with van der Waals surface area (Å²) in [4.78, 5) is 13.3. The molecule has 74 valence electrons. The van der Waals surface area contributed by atoms with Gasteiger partial charge in [0.25, 0.3) is 0 Å². The highest BCUT2D eigenvalue weighted by atomic mass is 16.1. The normalized spacial score (nSPS) is 23.0. The Morgan fingerprint density at radius 1 is 1.77 bits per heavy atom. The lowest BCUT2D eigenvalue weighted by Gasteiger charge is -2.12. The van der Waals surface area contributed by atoms with Gasteiger partial charge in [-0.1, -0.05) is 13.5 Å². The van der Waals surface area contributed by atoms with E-state index in [2.05, 4.69) is 23.7 Å². The summed E-state index contributed by atoms with van der Waals surface area (Å²) < 4.78 is 0. The molecule has 1 fully saturated rings. The summed E-state index contributed by atoms with van der Waals surface area (Å²) in [5, 5.41) is 2.84. The summed E-state index contributed by atoms with van der Waals surface area (Å²) in [6.45, 7) is 9.79. The maximum absolute atomic E-state index is 10.9. The number of nitrogens with zero attached hydrogens (tertiary/aromatic N) is 1. The fourth-order valence-electron chi connectivity index (χ4n) is 1.68. The summed E-state index contributed by atoms with van der Waals surface area (Å²) in [7, 11) is 0. The third-order valence-corrected chi connectivity index (χ3v) is 2.57. The highest BCUT2D eigenvalue weighted by molar-refractivity contribution is 5.86. The largest absolute Gasteiger partial charge is 0.352 e. The smallest absolute Gasteiger partial charge is 0.243 e. The highest BCUT2D eigenvalue weighted by Crippen LogP contribution is 2.14. The molecule has 0 aromatic heterocycles. The number of likely N-dealkylation sites (tertiary alicyclic amines) is 1. The van der Waals surface area contributed by atoms with Crippen LogP contribution in [0.4, 0.5) is 0 Å². The van der Waals surface area contributed by atoms with Crippen molar-refractivity contribution in [2.75, 3.05) is 26.2 Å². The van der Waals surface area contributed by atoms with Crippen LogP contribution in [-0.4, -0.2) is 37.0 Å². The van der Waals surface area contributed by atoms with Crippen molar-refractivity contribution in [3.63, 3.8) is 0 Å². The van der Waals surface area contributed by atoms with Crippen molar-refractivity contribution in [2.45, 2.75) is 13.3 Å². The Labute approximate surface area is 79.8 Å². The van der Waals surface area contributed by atoms with Crippen molar-refractivity contribution >= 4 is 5.91 Å². The van der Waals surface area contributed by atoms with Crippen molar-refractivity contribution < 1.29 is 4.79 Å². The van der Waals surface area contributed by atoms with Gasteiger partial charge in [0.15, 0.2) is 0 Å². The molecular weight excluding hydrogens is 164 g/mol. The van der Waals surface area contributed by atoms with Crippen molar-refractivity contribution in [3.8, 4) is 0 Å². The average molecular weight is 182 g/mol. The fourth-order valence-corrected chi connectivity index (χ4v) is 1.68. The molecule has 1 rings (SSSR count). The van der Waals surface area contributed by atoms with E-state index in [1.165, 1.54) is 19.0 Å². The maximum Gasteiger partial charge on any atom is 0.243 e. The van der Waals surface area contributed by atoms with E-state index in [0.29, 0.717) is 5.92 Å². The molecule has 3 heteroatoms. The van der Waals surface area contributed by atoms with Gasteiger partial charge in [-0.15, -0.1) is 0 Å². The van der Waals surface area contributed by atoms with Crippen LogP contribution in [0.25, 0.3) is 0 Å². The highest BCUT2D eigenvalue weighted by Gasteiger charge is 2.20. The van der Waals surface area contributed by atoms with Gasteiger partial charge < -0.3 is 10.2 Å². The minimum Gasteiger partial charge on any atom is -0.352 e. The molecule has 1 aliphatic heterocycles. The van der Waals surface area contributed by atoms with Crippen LogP contribution >= 0.6 is 0 Å². The molecule has 0 aromatic rings. The van der Waals surface area contributed by atoms with Gasteiger partial charge in [-0.2, -0.15) is 0 Å². The quantitative estimate of drug-likeness (QED) is 0.647. The Balaban J connectivity index is 2.17. The van der Waals surface area contributed by atoms with E-state index in [1.54, 1.807) is 0 Å². The summed E-state index contributed by atoms with van der Waals surface area (Å²) >= 11 is 0. The van der Waals surface area contributed by atoms with Crippen molar-refractivity contribution in [1.82, 2.24) is 10.2 Å². The zero-order chi connectivity index (χ0) is 9.68. The molecule has 1 saturated heterocycles. The first-order valence-corrected chi connectivity index (χ1v) is 4.89. The van der Waals surface area contributed by atoms with Gasteiger partial charge in [0.05, 0.1) is 0 Å². The van der Waals surface area contributed by atoms with Crippen molar-refractivity contribution in [1.29, 1.82) is 0 Å². The van der Waals surface area contributed by atoms with E-state index in [0.717, 1.165) is 19.6 Å². The molecule has 1 unspecified atom stereocenters. The van der Waals surface area contributed by atoms with Gasteiger partial charge in [0, 0.05) is 13.1 Å². The minimum absolute atomic E-state index is 0.0602. The van der Waals surface area contributed by atoms with Crippen LogP contribution in [0.5, 0.6) is 0 Å². The Bertz CT molecular complexity index is 191. The molecule has 13 heavy (non-hydrogen) atoms. The molecule has 0 radical (unpaired) electrons. The van der Waals surface area contributed by atoms with E-state index in [4.69, 9.17) is 0 Å². The van der Waals surface area contributed by atoms with Gasteiger partial charge in [-0.25, -0.2) is 0 Å². The average Bonchev–Trinajstić information content (AvgIpc) is 2.61. The number of hydrogen-bond acceptors (Lipinski definition) is 2. The van der Waals surface area contributed by atoms with E-state index in [1.807, 2.05) is 0 Å². The zero-order valence-electron chi connectivity index (χ0n) is 8.25. The predicted molar refractivity (Wildman–Crippen MR) is 53.4 cm³/mol. The fraction of sp³-hybridized carbons (Fsp3) is 0.700. The molecule has 1 N–H and O–H groups in total. The molecule has 0 aliphatic carbocycles. The molecule has 3 nitrogen and oxygen atoms in total. The molecular formula is C10H18N2O. The second-order valence-electron chi connectivity index (χ2n) is 3.50. The Morgan fingerprint density at radius 2 is 2.54 bits per heavy atom. The summed E-state index contributed by atoms with van der Waals surface area (Å²) in [5.41, 5.74) is 0. The molecule has 0 bridgehead atoms. The van der Waals surface area contributed by atoms with Gasteiger partial charge in [-0.05, 0) is 31.5 Å². The van der Waals surface area contributed by atoms with Gasteiger partial charge in [-0.3, -0.25) is 4.79 Å². The molecule has 0 spiro atoms. The summed E-state index contributed by atoms with van der Waals surface area (Å²) in [6, 6.07) is 0. The van der Waals surface area contributed by atoms with Crippen LogP contribution < -0.4 is 5.32 Å². The van der Waals surface area contributed by atoms with E-state index in [-0.39, 0.29) is 5.91 Å². The number of nitrogens with one attached hydrogen (secondary N) is 1. The number of rotatable bonds is 4. The molecule has 0 saturated carbocycles. The number of carbonyl (C=O) groups excluding carboxylic acids is 1. The summed E-state index contributed by atoms with van der Waals surface area (Å²) in [5.74, 6) is 0.568. The van der Waals surface area contributed by atoms with Crippen LogP contribution in [0, 0.1) is 5.92 Å². The van der Waals surface area contributed by atoms with Gasteiger partial charge >= 0.3 is 0 Å².